The van der Waals surface area contributed by atoms with Crippen molar-refractivity contribution in [3.8, 4) is 0 Å². The minimum Gasteiger partial charge on any atom is -0.279 e. The van der Waals surface area contributed by atoms with Crippen molar-refractivity contribution in [3.63, 3.8) is 0 Å². The Balaban J connectivity index is 1.83. The van der Waals surface area contributed by atoms with Gasteiger partial charge in [-0.1, -0.05) is 46.7 Å². The van der Waals surface area contributed by atoms with Gasteiger partial charge in [-0.15, -0.1) is 0 Å². The molecule has 1 amide bonds. The van der Waals surface area contributed by atoms with Crippen LogP contribution in [-0.4, -0.2) is 15.9 Å². The molecule has 2 heterocycles. The van der Waals surface area contributed by atoms with Gasteiger partial charge in [0.15, 0.2) is 5.13 Å². The van der Waals surface area contributed by atoms with Crippen LogP contribution < -0.4 is 4.90 Å². The van der Waals surface area contributed by atoms with Crippen LogP contribution in [0.15, 0.2) is 54.9 Å². The van der Waals surface area contributed by atoms with Crippen molar-refractivity contribution in [2.75, 3.05) is 4.90 Å². The number of carbonyl (C=O) groups is 1. The van der Waals surface area contributed by atoms with Crippen LogP contribution in [0.4, 0.5) is 5.13 Å². The normalized spacial score (nSPS) is 11.0. The minimum atomic E-state index is -0.255. The number of carbonyl (C=O) groups excluding carboxylic acids is 1. The van der Waals surface area contributed by atoms with Gasteiger partial charge in [0.1, 0.15) is 0 Å². The molecule has 0 N–H and O–H groups in total. The number of anilines is 1. The van der Waals surface area contributed by atoms with Crippen molar-refractivity contribution in [3.05, 3.63) is 87.2 Å². The highest BCUT2D eigenvalue weighted by molar-refractivity contribution is 7.22. The van der Waals surface area contributed by atoms with Crippen molar-refractivity contribution in [2.45, 2.75) is 20.4 Å². The first-order valence-corrected chi connectivity index (χ1v) is 10.5. The van der Waals surface area contributed by atoms with E-state index in [0.717, 1.165) is 26.9 Å². The second kappa shape index (κ2) is 8.11. The predicted octanol–water partition coefficient (Wildman–Crippen LogP) is 6.46. The number of aromatic nitrogens is 2. The Kier molecular flexibility index (Phi) is 5.54. The van der Waals surface area contributed by atoms with E-state index >= 15 is 0 Å². The van der Waals surface area contributed by atoms with Crippen LogP contribution in [-0.2, 0) is 6.54 Å². The molecule has 0 aliphatic rings. The van der Waals surface area contributed by atoms with Crippen LogP contribution in [0, 0.1) is 13.8 Å². The second-order valence-electron chi connectivity index (χ2n) is 6.73. The first kappa shape index (κ1) is 19.8. The fourth-order valence-corrected chi connectivity index (χ4v) is 4.43. The number of hydrogen-bond acceptors (Lipinski definition) is 4. The Morgan fingerprint density at radius 2 is 1.97 bits per heavy atom. The quantitative estimate of drug-likeness (QED) is 0.364. The van der Waals surface area contributed by atoms with Crippen LogP contribution >= 0.6 is 34.5 Å². The van der Waals surface area contributed by atoms with Gasteiger partial charge in [-0.2, -0.15) is 0 Å². The lowest BCUT2D eigenvalue weighted by Crippen LogP contribution is -2.30. The molecule has 0 spiro atoms. The first-order chi connectivity index (χ1) is 13.9. The summed E-state index contributed by atoms with van der Waals surface area (Å²) in [6.07, 6.45) is 3.44. The molecule has 0 aliphatic carbocycles. The number of halogens is 2. The Morgan fingerprint density at radius 3 is 2.72 bits per heavy atom. The smallest absolute Gasteiger partial charge is 0.261 e. The second-order valence-corrected chi connectivity index (χ2v) is 8.58. The van der Waals surface area contributed by atoms with Gasteiger partial charge in [0.2, 0.25) is 0 Å². The van der Waals surface area contributed by atoms with Gasteiger partial charge in [-0.05, 0) is 60.9 Å². The van der Waals surface area contributed by atoms with E-state index in [1.54, 1.807) is 35.5 Å². The third-order valence-electron chi connectivity index (χ3n) is 4.77. The largest absolute Gasteiger partial charge is 0.279 e. The molecule has 0 bridgehead atoms. The van der Waals surface area contributed by atoms with E-state index in [2.05, 4.69) is 18.0 Å². The summed E-state index contributed by atoms with van der Waals surface area (Å²) in [5, 5.41) is 1.41. The number of aryl methyl sites for hydroxylation is 2. The van der Waals surface area contributed by atoms with Gasteiger partial charge < -0.3 is 0 Å². The first-order valence-electron chi connectivity index (χ1n) is 8.96. The number of amides is 1. The van der Waals surface area contributed by atoms with Crippen molar-refractivity contribution < 1.29 is 4.79 Å². The molecule has 146 valence electrons. The maximum Gasteiger partial charge on any atom is 0.261 e. The molecule has 4 rings (SSSR count). The highest BCUT2D eigenvalue weighted by Crippen LogP contribution is 2.34. The fourth-order valence-electron chi connectivity index (χ4n) is 3.04. The van der Waals surface area contributed by atoms with Crippen molar-refractivity contribution >= 4 is 55.8 Å². The summed E-state index contributed by atoms with van der Waals surface area (Å²) in [7, 11) is 0. The number of fused-ring (bicyclic) bond motifs is 1. The van der Waals surface area contributed by atoms with Crippen molar-refractivity contribution in [1.82, 2.24) is 9.97 Å². The van der Waals surface area contributed by atoms with Gasteiger partial charge in [0.05, 0.1) is 27.3 Å². The molecule has 0 atom stereocenters. The molecular formula is C22H17Cl2N3OS. The lowest BCUT2D eigenvalue weighted by atomic mass is 10.1. The molecule has 0 unspecified atom stereocenters. The summed E-state index contributed by atoms with van der Waals surface area (Å²) in [6, 6.07) is 12.8. The predicted molar refractivity (Wildman–Crippen MR) is 120 cm³/mol. The summed E-state index contributed by atoms with van der Waals surface area (Å²) in [6.45, 7) is 4.42. The topological polar surface area (TPSA) is 46.1 Å². The third-order valence-corrected chi connectivity index (χ3v) is 6.38. The summed E-state index contributed by atoms with van der Waals surface area (Å²) in [4.78, 5) is 24.1. The fraction of sp³-hybridized carbons (Fsp3) is 0.136. The zero-order valence-electron chi connectivity index (χ0n) is 15.8. The van der Waals surface area contributed by atoms with E-state index < -0.39 is 0 Å². The lowest BCUT2D eigenvalue weighted by Gasteiger charge is -2.20. The van der Waals surface area contributed by atoms with Crippen molar-refractivity contribution in [1.29, 1.82) is 0 Å². The summed E-state index contributed by atoms with van der Waals surface area (Å²) < 4.78 is 1.03. The number of hydrogen-bond donors (Lipinski definition) is 0. The average Bonchev–Trinajstić information content (AvgIpc) is 3.16. The van der Waals surface area contributed by atoms with E-state index in [9.17, 15) is 4.79 Å². The molecule has 2 aromatic heterocycles. The minimum absolute atomic E-state index is 0.255. The SMILES string of the molecule is Cc1ccc2sc(N(Cc3cccnc3)C(=O)c3cc(Cl)ccc3Cl)nc2c1C. The van der Waals surface area contributed by atoms with Gasteiger partial charge in [0.25, 0.3) is 5.91 Å². The zero-order chi connectivity index (χ0) is 20.5. The number of pyridine rings is 1. The Hall–Kier alpha value is -2.47. The molecule has 4 nitrogen and oxygen atoms in total. The molecule has 0 saturated heterocycles. The number of rotatable bonds is 4. The lowest BCUT2D eigenvalue weighted by molar-refractivity contribution is 0.0985. The molecule has 4 aromatic rings. The van der Waals surface area contributed by atoms with Crippen LogP contribution in [0.1, 0.15) is 27.0 Å². The van der Waals surface area contributed by atoms with Crippen LogP contribution in [0.25, 0.3) is 10.2 Å². The summed E-state index contributed by atoms with van der Waals surface area (Å²) >= 11 is 13.9. The van der Waals surface area contributed by atoms with E-state index in [4.69, 9.17) is 28.2 Å². The number of thiazole rings is 1. The van der Waals surface area contributed by atoms with Crippen LogP contribution in [0.3, 0.4) is 0 Å². The Labute approximate surface area is 182 Å². The van der Waals surface area contributed by atoms with E-state index in [1.165, 1.54) is 11.3 Å². The average molecular weight is 442 g/mol. The van der Waals surface area contributed by atoms with Crippen LogP contribution in [0.5, 0.6) is 0 Å². The highest BCUT2D eigenvalue weighted by atomic mass is 35.5. The highest BCUT2D eigenvalue weighted by Gasteiger charge is 2.24. The summed E-state index contributed by atoms with van der Waals surface area (Å²) in [5.41, 5.74) is 4.42. The van der Waals surface area contributed by atoms with Gasteiger partial charge >= 0.3 is 0 Å². The van der Waals surface area contributed by atoms with Gasteiger partial charge in [0, 0.05) is 17.4 Å². The molecule has 0 aliphatic heterocycles. The molecule has 29 heavy (non-hydrogen) atoms. The van der Waals surface area contributed by atoms with E-state index in [1.807, 2.05) is 25.1 Å². The summed E-state index contributed by atoms with van der Waals surface area (Å²) in [5.74, 6) is -0.255. The van der Waals surface area contributed by atoms with Gasteiger partial charge in [-0.3, -0.25) is 14.7 Å². The Morgan fingerprint density at radius 1 is 1.14 bits per heavy atom. The molecular weight excluding hydrogens is 425 g/mol. The van der Waals surface area contributed by atoms with E-state index in [0.29, 0.717) is 27.3 Å². The van der Waals surface area contributed by atoms with Crippen LogP contribution in [0.2, 0.25) is 10.0 Å². The standard InChI is InChI=1S/C22H17Cl2N3OS/c1-13-5-8-19-20(14(13)2)26-22(29-19)27(12-15-4-3-9-25-11-15)21(28)17-10-16(23)6-7-18(17)24/h3-11H,12H2,1-2H3. The monoisotopic (exact) mass is 441 g/mol. The number of nitrogens with zero attached hydrogens (tertiary/aromatic N) is 3. The maximum atomic E-state index is 13.5. The number of benzene rings is 2. The maximum absolute atomic E-state index is 13.5. The molecule has 0 fully saturated rings. The van der Waals surface area contributed by atoms with Crippen molar-refractivity contribution in [2.24, 2.45) is 0 Å². The molecule has 0 saturated carbocycles. The zero-order valence-corrected chi connectivity index (χ0v) is 18.1. The van der Waals surface area contributed by atoms with E-state index in [-0.39, 0.29) is 5.91 Å². The van der Waals surface area contributed by atoms with Gasteiger partial charge in [-0.25, -0.2) is 4.98 Å². The molecule has 0 radical (unpaired) electrons. The molecule has 7 heteroatoms. The third kappa shape index (κ3) is 3.99. The molecule has 2 aromatic carbocycles. The Bertz CT molecular complexity index is 1210.